The van der Waals surface area contributed by atoms with E-state index in [9.17, 15) is 0 Å². The van der Waals surface area contributed by atoms with Crippen molar-refractivity contribution < 1.29 is 0 Å². The standard InChI is InChI=1S/C16H20N2S/c1-11-5-6-15(14(8-11)10-17-4)19-16-9-12(2)7-13(3)18-16/h5-9,17H,10H2,1-4H3. The Kier molecular flexibility index (Phi) is 4.61. The van der Waals surface area contributed by atoms with Crippen LogP contribution in [-0.2, 0) is 6.54 Å². The van der Waals surface area contributed by atoms with Crippen molar-refractivity contribution in [1.29, 1.82) is 0 Å². The van der Waals surface area contributed by atoms with Crippen molar-refractivity contribution in [2.24, 2.45) is 0 Å². The highest BCUT2D eigenvalue weighted by Gasteiger charge is 2.06. The molecule has 0 saturated carbocycles. The molecule has 0 atom stereocenters. The molecule has 0 aliphatic carbocycles. The second kappa shape index (κ2) is 6.22. The number of hydrogen-bond donors (Lipinski definition) is 1. The van der Waals surface area contributed by atoms with Gasteiger partial charge in [0.1, 0.15) is 5.03 Å². The van der Waals surface area contributed by atoms with Crippen LogP contribution in [0.25, 0.3) is 0 Å². The maximum absolute atomic E-state index is 4.60. The minimum absolute atomic E-state index is 0.884. The van der Waals surface area contributed by atoms with Crippen molar-refractivity contribution in [2.45, 2.75) is 37.2 Å². The van der Waals surface area contributed by atoms with Crippen molar-refractivity contribution in [3.63, 3.8) is 0 Å². The van der Waals surface area contributed by atoms with E-state index in [1.165, 1.54) is 21.6 Å². The summed E-state index contributed by atoms with van der Waals surface area (Å²) in [5.41, 5.74) is 4.96. The Bertz CT molecular complexity index is 559. The molecule has 1 N–H and O–H groups in total. The van der Waals surface area contributed by atoms with Gasteiger partial charge in [0.25, 0.3) is 0 Å². The second-order valence-corrected chi connectivity index (χ2v) is 5.93. The lowest BCUT2D eigenvalue weighted by Gasteiger charge is -2.10. The Morgan fingerprint density at radius 2 is 1.84 bits per heavy atom. The van der Waals surface area contributed by atoms with Crippen LogP contribution >= 0.6 is 11.8 Å². The molecule has 100 valence electrons. The Morgan fingerprint density at radius 1 is 1.05 bits per heavy atom. The maximum atomic E-state index is 4.60. The molecule has 0 unspecified atom stereocenters. The van der Waals surface area contributed by atoms with E-state index in [4.69, 9.17) is 0 Å². The van der Waals surface area contributed by atoms with E-state index < -0.39 is 0 Å². The first-order chi connectivity index (χ1) is 9.08. The van der Waals surface area contributed by atoms with E-state index in [-0.39, 0.29) is 0 Å². The normalized spacial score (nSPS) is 10.7. The summed E-state index contributed by atoms with van der Waals surface area (Å²) >= 11 is 1.74. The summed E-state index contributed by atoms with van der Waals surface area (Å²) in [7, 11) is 1.98. The number of pyridine rings is 1. The van der Waals surface area contributed by atoms with Crippen LogP contribution < -0.4 is 5.32 Å². The molecule has 2 nitrogen and oxygen atoms in total. The number of benzene rings is 1. The van der Waals surface area contributed by atoms with Gasteiger partial charge in [-0.3, -0.25) is 0 Å². The fraction of sp³-hybridized carbons (Fsp3) is 0.312. The Hall–Kier alpha value is -1.32. The predicted octanol–water partition coefficient (Wildman–Crippen LogP) is 3.88. The molecule has 0 aliphatic rings. The quantitative estimate of drug-likeness (QED) is 0.914. The highest BCUT2D eigenvalue weighted by Crippen LogP contribution is 2.30. The maximum Gasteiger partial charge on any atom is 0.101 e. The zero-order valence-electron chi connectivity index (χ0n) is 11.9. The van der Waals surface area contributed by atoms with Gasteiger partial charge < -0.3 is 5.32 Å². The van der Waals surface area contributed by atoms with Crippen molar-refractivity contribution >= 4 is 11.8 Å². The number of hydrogen-bond acceptors (Lipinski definition) is 3. The summed E-state index contributed by atoms with van der Waals surface area (Å²) < 4.78 is 0. The molecule has 0 spiro atoms. The first-order valence-electron chi connectivity index (χ1n) is 6.46. The molecule has 3 heteroatoms. The lowest BCUT2D eigenvalue weighted by Crippen LogP contribution is -2.06. The van der Waals surface area contributed by atoms with Gasteiger partial charge in [0, 0.05) is 17.1 Å². The van der Waals surface area contributed by atoms with E-state index in [1.54, 1.807) is 11.8 Å². The summed E-state index contributed by atoms with van der Waals surface area (Å²) in [6, 6.07) is 10.8. The summed E-state index contributed by atoms with van der Waals surface area (Å²) in [5.74, 6) is 0. The van der Waals surface area contributed by atoms with E-state index in [1.807, 2.05) is 14.0 Å². The van der Waals surface area contributed by atoms with E-state index in [0.29, 0.717) is 0 Å². The van der Waals surface area contributed by atoms with Crippen molar-refractivity contribution in [3.05, 3.63) is 52.7 Å². The molecule has 1 heterocycles. The summed E-state index contributed by atoms with van der Waals surface area (Å²) in [6.07, 6.45) is 0. The molecule has 0 radical (unpaired) electrons. The Balaban J connectivity index is 2.31. The molecule has 0 fully saturated rings. The van der Waals surface area contributed by atoms with Gasteiger partial charge in [-0.2, -0.15) is 0 Å². The minimum atomic E-state index is 0.884. The van der Waals surface area contributed by atoms with Gasteiger partial charge in [-0.15, -0.1) is 0 Å². The molecule has 1 aromatic carbocycles. The van der Waals surface area contributed by atoms with Gasteiger partial charge in [0.05, 0.1) is 0 Å². The summed E-state index contributed by atoms with van der Waals surface area (Å²) in [5, 5.41) is 4.29. The molecule has 0 bridgehead atoms. The van der Waals surface area contributed by atoms with Crippen LogP contribution in [0.15, 0.2) is 40.3 Å². The molecule has 2 aromatic rings. The van der Waals surface area contributed by atoms with Gasteiger partial charge >= 0.3 is 0 Å². The van der Waals surface area contributed by atoms with Crippen LogP contribution in [-0.4, -0.2) is 12.0 Å². The summed E-state index contributed by atoms with van der Waals surface area (Å²) in [6.45, 7) is 7.17. The predicted molar refractivity (Wildman–Crippen MR) is 81.8 cm³/mol. The Morgan fingerprint density at radius 3 is 2.53 bits per heavy atom. The first-order valence-corrected chi connectivity index (χ1v) is 7.27. The van der Waals surface area contributed by atoms with Crippen LogP contribution in [0.2, 0.25) is 0 Å². The highest BCUT2D eigenvalue weighted by atomic mass is 32.2. The monoisotopic (exact) mass is 272 g/mol. The lowest BCUT2D eigenvalue weighted by molar-refractivity contribution is 0.802. The molecule has 0 amide bonds. The number of nitrogens with one attached hydrogen (secondary N) is 1. The van der Waals surface area contributed by atoms with E-state index >= 15 is 0 Å². The first kappa shape index (κ1) is 14.1. The molecule has 1 aromatic heterocycles. The summed E-state index contributed by atoms with van der Waals surface area (Å²) in [4.78, 5) is 5.87. The zero-order valence-corrected chi connectivity index (χ0v) is 12.8. The molecule has 0 aliphatic heterocycles. The molecule has 19 heavy (non-hydrogen) atoms. The third-order valence-electron chi connectivity index (χ3n) is 2.87. The molecular weight excluding hydrogens is 252 g/mol. The van der Waals surface area contributed by atoms with Gasteiger partial charge in [0.2, 0.25) is 0 Å². The van der Waals surface area contributed by atoms with Crippen molar-refractivity contribution in [2.75, 3.05) is 7.05 Å². The largest absolute Gasteiger partial charge is 0.316 e. The second-order valence-electron chi connectivity index (χ2n) is 4.87. The fourth-order valence-corrected chi connectivity index (χ4v) is 3.16. The number of aryl methyl sites for hydroxylation is 3. The smallest absolute Gasteiger partial charge is 0.101 e. The van der Waals surface area contributed by atoms with Gasteiger partial charge in [-0.05, 0) is 57.1 Å². The van der Waals surface area contributed by atoms with Crippen LogP contribution in [0.1, 0.15) is 22.4 Å². The highest BCUT2D eigenvalue weighted by molar-refractivity contribution is 7.99. The lowest BCUT2D eigenvalue weighted by atomic mass is 10.1. The van der Waals surface area contributed by atoms with Crippen LogP contribution in [0.3, 0.4) is 0 Å². The number of aromatic nitrogens is 1. The topological polar surface area (TPSA) is 24.9 Å². The molecule has 0 saturated heterocycles. The van der Waals surface area contributed by atoms with E-state index in [2.05, 4.69) is 54.5 Å². The fourth-order valence-electron chi connectivity index (χ4n) is 2.11. The van der Waals surface area contributed by atoms with Crippen LogP contribution in [0, 0.1) is 20.8 Å². The molecule has 2 rings (SSSR count). The van der Waals surface area contributed by atoms with Gasteiger partial charge in [-0.25, -0.2) is 4.98 Å². The van der Waals surface area contributed by atoms with Gasteiger partial charge in [0.15, 0.2) is 0 Å². The number of rotatable bonds is 4. The third kappa shape index (κ3) is 3.82. The minimum Gasteiger partial charge on any atom is -0.316 e. The van der Waals surface area contributed by atoms with Gasteiger partial charge in [-0.1, -0.05) is 29.5 Å². The zero-order chi connectivity index (χ0) is 13.8. The van der Waals surface area contributed by atoms with Crippen LogP contribution in [0.5, 0.6) is 0 Å². The average Bonchev–Trinajstić information content (AvgIpc) is 2.32. The SMILES string of the molecule is CNCc1cc(C)ccc1Sc1cc(C)cc(C)n1. The Labute approximate surface area is 119 Å². The van der Waals surface area contributed by atoms with E-state index in [0.717, 1.165) is 17.3 Å². The number of nitrogens with zero attached hydrogens (tertiary/aromatic N) is 1. The van der Waals surface area contributed by atoms with Crippen LogP contribution in [0.4, 0.5) is 0 Å². The average molecular weight is 272 g/mol. The molecular formula is C16H20N2S. The third-order valence-corrected chi connectivity index (χ3v) is 3.91. The van der Waals surface area contributed by atoms with Crippen molar-refractivity contribution in [3.8, 4) is 0 Å². The van der Waals surface area contributed by atoms with Crippen molar-refractivity contribution in [1.82, 2.24) is 10.3 Å².